The second-order valence-electron chi connectivity index (χ2n) is 3.01. The number of benzene rings is 1. The SMILES string of the molecule is C#CCNC(C)c1cc(F)ccc1O. The molecule has 14 heavy (non-hydrogen) atoms. The van der Waals surface area contributed by atoms with Crippen LogP contribution in [0.3, 0.4) is 0 Å². The largest absolute Gasteiger partial charge is 0.508 e. The number of terminal acetylenes is 1. The van der Waals surface area contributed by atoms with Gasteiger partial charge in [-0.15, -0.1) is 6.42 Å². The smallest absolute Gasteiger partial charge is 0.123 e. The number of aromatic hydroxyl groups is 1. The number of rotatable bonds is 3. The molecule has 1 rings (SSSR count). The predicted molar refractivity (Wildman–Crippen MR) is 53.3 cm³/mol. The Morgan fingerprint density at radius 1 is 1.64 bits per heavy atom. The van der Waals surface area contributed by atoms with E-state index in [9.17, 15) is 9.50 Å². The lowest BCUT2D eigenvalue weighted by Crippen LogP contribution is -2.18. The van der Waals surface area contributed by atoms with E-state index in [1.807, 2.05) is 6.92 Å². The Hall–Kier alpha value is -1.53. The number of phenols is 1. The van der Waals surface area contributed by atoms with Crippen LogP contribution in [0.15, 0.2) is 18.2 Å². The van der Waals surface area contributed by atoms with Crippen LogP contribution in [0.1, 0.15) is 18.5 Å². The minimum absolute atomic E-state index is 0.0726. The van der Waals surface area contributed by atoms with Crippen molar-refractivity contribution >= 4 is 0 Å². The Labute approximate surface area is 82.8 Å². The summed E-state index contributed by atoms with van der Waals surface area (Å²) in [5.41, 5.74) is 0.514. The zero-order chi connectivity index (χ0) is 10.6. The van der Waals surface area contributed by atoms with Gasteiger partial charge in [0.05, 0.1) is 6.54 Å². The molecule has 2 nitrogen and oxygen atoms in total. The van der Waals surface area contributed by atoms with Crippen LogP contribution in [-0.2, 0) is 0 Å². The maximum absolute atomic E-state index is 12.9. The van der Waals surface area contributed by atoms with Gasteiger partial charge in [0, 0.05) is 11.6 Å². The molecule has 0 aromatic heterocycles. The molecule has 0 saturated carbocycles. The summed E-state index contributed by atoms with van der Waals surface area (Å²) in [6, 6.07) is 3.68. The van der Waals surface area contributed by atoms with E-state index in [-0.39, 0.29) is 17.6 Å². The normalized spacial score (nSPS) is 12.1. The van der Waals surface area contributed by atoms with Gasteiger partial charge in [-0.1, -0.05) is 5.92 Å². The highest BCUT2D eigenvalue weighted by Gasteiger charge is 2.09. The van der Waals surface area contributed by atoms with E-state index in [1.165, 1.54) is 18.2 Å². The van der Waals surface area contributed by atoms with Gasteiger partial charge in [0.1, 0.15) is 11.6 Å². The molecular formula is C11H12FNO. The van der Waals surface area contributed by atoms with E-state index in [0.29, 0.717) is 12.1 Å². The number of halogens is 1. The molecule has 1 atom stereocenters. The van der Waals surface area contributed by atoms with Crippen molar-refractivity contribution in [2.24, 2.45) is 0 Å². The second-order valence-corrected chi connectivity index (χ2v) is 3.01. The Morgan fingerprint density at radius 2 is 2.36 bits per heavy atom. The van der Waals surface area contributed by atoms with Gasteiger partial charge < -0.3 is 5.11 Å². The molecule has 0 spiro atoms. The Balaban J connectivity index is 2.83. The van der Waals surface area contributed by atoms with Gasteiger partial charge in [0.15, 0.2) is 0 Å². The summed E-state index contributed by atoms with van der Waals surface area (Å²) >= 11 is 0. The molecule has 0 aliphatic rings. The molecule has 1 unspecified atom stereocenters. The number of hydrogen-bond donors (Lipinski definition) is 2. The molecule has 0 saturated heterocycles. The van der Waals surface area contributed by atoms with Crippen molar-refractivity contribution in [3.8, 4) is 18.1 Å². The van der Waals surface area contributed by atoms with Crippen LogP contribution in [0.2, 0.25) is 0 Å². The molecule has 0 aliphatic heterocycles. The summed E-state index contributed by atoms with van der Waals surface area (Å²) < 4.78 is 12.9. The van der Waals surface area contributed by atoms with Gasteiger partial charge in [-0.25, -0.2) is 4.39 Å². The van der Waals surface area contributed by atoms with E-state index in [4.69, 9.17) is 6.42 Å². The standard InChI is InChI=1S/C11H12FNO/c1-3-6-13-8(2)10-7-9(12)4-5-11(10)14/h1,4-5,7-8,13-14H,6H2,2H3. The van der Waals surface area contributed by atoms with Gasteiger partial charge in [0.2, 0.25) is 0 Å². The molecule has 2 N–H and O–H groups in total. The monoisotopic (exact) mass is 193 g/mol. The average Bonchev–Trinajstić information content (AvgIpc) is 2.18. The molecule has 0 fully saturated rings. The van der Waals surface area contributed by atoms with Gasteiger partial charge in [-0.3, -0.25) is 5.32 Å². The van der Waals surface area contributed by atoms with Gasteiger partial charge in [-0.2, -0.15) is 0 Å². The highest BCUT2D eigenvalue weighted by atomic mass is 19.1. The third kappa shape index (κ3) is 2.48. The van der Waals surface area contributed by atoms with Gasteiger partial charge >= 0.3 is 0 Å². The van der Waals surface area contributed by atoms with Gasteiger partial charge in [-0.05, 0) is 25.1 Å². The Kier molecular flexibility index (Phi) is 3.49. The average molecular weight is 193 g/mol. The molecule has 74 valence electrons. The molecule has 3 heteroatoms. The van der Waals surface area contributed by atoms with E-state index < -0.39 is 0 Å². The zero-order valence-electron chi connectivity index (χ0n) is 7.92. The molecule has 0 amide bonds. The van der Waals surface area contributed by atoms with Crippen molar-refractivity contribution in [2.75, 3.05) is 6.54 Å². The lowest BCUT2D eigenvalue weighted by molar-refractivity contribution is 0.453. The quantitative estimate of drug-likeness (QED) is 0.717. The first kappa shape index (κ1) is 10.6. The van der Waals surface area contributed by atoms with E-state index in [2.05, 4.69) is 11.2 Å². The molecule has 1 aromatic rings. The summed E-state index contributed by atoms with van der Waals surface area (Å²) in [4.78, 5) is 0. The van der Waals surface area contributed by atoms with E-state index >= 15 is 0 Å². The number of hydrogen-bond acceptors (Lipinski definition) is 2. The maximum Gasteiger partial charge on any atom is 0.123 e. The Morgan fingerprint density at radius 3 is 3.00 bits per heavy atom. The molecule has 0 aliphatic carbocycles. The lowest BCUT2D eigenvalue weighted by Gasteiger charge is -2.13. The first-order valence-electron chi connectivity index (χ1n) is 4.30. The fourth-order valence-corrected chi connectivity index (χ4v) is 1.19. The van der Waals surface area contributed by atoms with E-state index in [0.717, 1.165) is 0 Å². The van der Waals surface area contributed by atoms with Crippen molar-refractivity contribution in [3.05, 3.63) is 29.6 Å². The van der Waals surface area contributed by atoms with Crippen molar-refractivity contribution in [2.45, 2.75) is 13.0 Å². The molecular weight excluding hydrogens is 181 g/mol. The number of phenolic OH excluding ortho intramolecular Hbond substituents is 1. The summed E-state index contributed by atoms with van der Waals surface area (Å²) in [6.07, 6.45) is 5.07. The predicted octanol–water partition coefficient (Wildman–Crippen LogP) is 1.82. The van der Waals surface area contributed by atoms with Crippen LogP contribution in [-0.4, -0.2) is 11.7 Å². The molecule has 1 aromatic carbocycles. The molecule has 0 heterocycles. The number of nitrogens with one attached hydrogen (secondary N) is 1. The third-order valence-corrected chi connectivity index (χ3v) is 1.97. The third-order valence-electron chi connectivity index (χ3n) is 1.97. The summed E-state index contributed by atoms with van der Waals surface area (Å²) in [5.74, 6) is 2.12. The van der Waals surface area contributed by atoms with Crippen LogP contribution in [0.25, 0.3) is 0 Å². The first-order valence-corrected chi connectivity index (χ1v) is 4.30. The fourth-order valence-electron chi connectivity index (χ4n) is 1.19. The highest BCUT2D eigenvalue weighted by Crippen LogP contribution is 2.24. The van der Waals surface area contributed by atoms with Gasteiger partial charge in [0.25, 0.3) is 0 Å². The zero-order valence-corrected chi connectivity index (χ0v) is 7.92. The Bertz CT molecular complexity index is 357. The highest BCUT2D eigenvalue weighted by molar-refractivity contribution is 5.34. The summed E-state index contributed by atoms with van der Waals surface area (Å²) in [6.45, 7) is 2.20. The van der Waals surface area contributed by atoms with Crippen LogP contribution in [0, 0.1) is 18.2 Å². The first-order chi connectivity index (χ1) is 6.65. The summed E-state index contributed by atoms with van der Waals surface area (Å²) in [7, 11) is 0. The summed E-state index contributed by atoms with van der Waals surface area (Å²) in [5, 5.41) is 12.4. The minimum atomic E-state index is -0.368. The topological polar surface area (TPSA) is 32.3 Å². The van der Waals surface area contributed by atoms with Crippen molar-refractivity contribution in [1.82, 2.24) is 5.32 Å². The van der Waals surface area contributed by atoms with Crippen molar-refractivity contribution < 1.29 is 9.50 Å². The second kappa shape index (κ2) is 4.64. The van der Waals surface area contributed by atoms with Crippen LogP contribution < -0.4 is 5.32 Å². The minimum Gasteiger partial charge on any atom is -0.508 e. The van der Waals surface area contributed by atoms with Crippen LogP contribution >= 0.6 is 0 Å². The lowest BCUT2D eigenvalue weighted by atomic mass is 10.1. The van der Waals surface area contributed by atoms with Crippen LogP contribution in [0.5, 0.6) is 5.75 Å². The molecule has 0 bridgehead atoms. The molecule has 0 radical (unpaired) electrons. The van der Waals surface area contributed by atoms with Crippen molar-refractivity contribution in [3.63, 3.8) is 0 Å². The fraction of sp³-hybridized carbons (Fsp3) is 0.273. The van der Waals surface area contributed by atoms with Crippen LogP contribution in [0.4, 0.5) is 4.39 Å². The van der Waals surface area contributed by atoms with Crippen molar-refractivity contribution in [1.29, 1.82) is 0 Å². The maximum atomic E-state index is 12.9. The van der Waals surface area contributed by atoms with E-state index in [1.54, 1.807) is 0 Å².